The summed E-state index contributed by atoms with van der Waals surface area (Å²) in [5.41, 5.74) is 0. The van der Waals surface area contributed by atoms with Crippen molar-refractivity contribution in [3.05, 3.63) is 0 Å². The maximum Gasteiger partial charge on any atom is 0.116 e. The third-order valence-electron chi connectivity index (χ3n) is 3.82. The van der Waals surface area contributed by atoms with Crippen molar-refractivity contribution >= 4 is 0 Å². The molecule has 23 heavy (non-hydrogen) atoms. The quantitative estimate of drug-likeness (QED) is 0.201. The van der Waals surface area contributed by atoms with E-state index in [0.717, 1.165) is 65.6 Å². The van der Waals surface area contributed by atoms with E-state index >= 15 is 0 Å². The fourth-order valence-electron chi connectivity index (χ4n) is 2.53. The Bertz CT molecular complexity index is 311. The summed E-state index contributed by atoms with van der Waals surface area (Å²) in [5, 5.41) is 0. The molecule has 0 N–H and O–H groups in total. The fraction of sp³-hybridized carbons (Fsp3) is 1.00. The smallest absolute Gasteiger partial charge is 0.116 e. The molecule has 0 spiro atoms. The molecular formula is C16H34N2O5+2. The van der Waals surface area contributed by atoms with E-state index in [4.69, 9.17) is 23.9 Å². The van der Waals surface area contributed by atoms with Gasteiger partial charge in [0.05, 0.1) is 39.6 Å². The van der Waals surface area contributed by atoms with Gasteiger partial charge in [0.25, 0.3) is 0 Å². The van der Waals surface area contributed by atoms with E-state index in [9.17, 15) is 0 Å². The number of quaternary nitrogens is 2. The van der Waals surface area contributed by atoms with Gasteiger partial charge in [0.1, 0.15) is 53.5 Å². The van der Waals surface area contributed by atoms with Gasteiger partial charge in [0.15, 0.2) is 0 Å². The highest BCUT2D eigenvalue weighted by Crippen LogP contribution is 2.13. The molecule has 0 aromatic heterocycles. The lowest BCUT2D eigenvalue weighted by Gasteiger charge is -2.34. The maximum absolute atomic E-state index is 6.22. The monoisotopic (exact) mass is 334 g/mol. The van der Waals surface area contributed by atoms with Crippen LogP contribution in [0, 0.1) is 0 Å². The van der Waals surface area contributed by atoms with Crippen molar-refractivity contribution in [2.45, 2.75) is 25.0 Å². The van der Waals surface area contributed by atoms with E-state index in [1.165, 1.54) is 0 Å². The molecule has 0 amide bonds. The summed E-state index contributed by atoms with van der Waals surface area (Å²) in [6.45, 7) is 6.52. The first-order chi connectivity index (χ1) is 10.9. The van der Waals surface area contributed by atoms with E-state index in [1.807, 2.05) is 0 Å². The Morgan fingerprint density at radius 3 is 1.52 bits per heavy atom. The largest absolute Gasteiger partial charge is 0.378 e. The molecular weight excluding hydrogens is 300 g/mol. The average Bonchev–Trinajstić information content (AvgIpc) is 3.31. The van der Waals surface area contributed by atoms with E-state index in [0.29, 0.717) is 21.5 Å². The molecule has 2 aliphatic rings. The fourth-order valence-corrected chi connectivity index (χ4v) is 2.53. The highest BCUT2D eigenvalue weighted by atomic mass is 16.9. The zero-order valence-electron chi connectivity index (χ0n) is 15.2. The molecule has 0 bridgehead atoms. The molecule has 0 aromatic carbocycles. The standard InChI is InChI=1S/C16H34N2O5/c1-17(2,7-5-9-19-11-15-13-21-15)23-18(3,4)8-6-10-20-12-16-14-22-16/h15-16H,5-14H2,1-4H3/q+2. The van der Waals surface area contributed by atoms with Crippen molar-refractivity contribution in [2.24, 2.45) is 0 Å². The van der Waals surface area contributed by atoms with Crippen molar-refractivity contribution in [1.29, 1.82) is 0 Å². The Morgan fingerprint density at radius 1 is 0.783 bits per heavy atom. The number of nitrogens with zero attached hydrogens (tertiary/aromatic N) is 2. The molecule has 0 aliphatic carbocycles. The number of hydrogen-bond acceptors (Lipinski definition) is 5. The number of epoxide rings is 2. The van der Waals surface area contributed by atoms with Crippen LogP contribution in [0.25, 0.3) is 0 Å². The molecule has 2 unspecified atom stereocenters. The molecule has 2 atom stereocenters. The van der Waals surface area contributed by atoms with Gasteiger partial charge >= 0.3 is 0 Å². The van der Waals surface area contributed by atoms with Crippen LogP contribution < -0.4 is 0 Å². The topological polar surface area (TPSA) is 52.8 Å². The van der Waals surface area contributed by atoms with Crippen LogP contribution in [0.3, 0.4) is 0 Å². The van der Waals surface area contributed by atoms with E-state index in [1.54, 1.807) is 0 Å². The van der Waals surface area contributed by atoms with Crippen LogP contribution in [0.15, 0.2) is 0 Å². The summed E-state index contributed by atoms with van der Waals surface area (Å²) in [6.07, 6.45) is 2.64. The van der Waals surface area contributed by atoms with Gasteiger partial charge < -0.3 is 18.9 Å². The number of hydrogen-bond donors (Lipinski definition) is 0. The first-order valence-electron chi connectivity index (χ1n) is 8.62. The Labute approximate surface area is 140 Å². The van der Waals surface area contributed by atoms with Crippen LogP contribution in [0.4, 0.5) is 0 Å². The molecule has 136 valence electrons. The highest BCUT2D eigenvalue weighted by molar-refractivity contribution is 4.67. The predicted octanol–water partition coefficient (Wildman–Crippen LogP) is 0.597. The van der Waals surface area contributed by atoms with Crippen molar-refractivity contribution in [3.8, 4) is 0 Å². The summed E-state index contributed by atoms with van der Waals surface area (Å²) < 4.78 is 22.4. The van der Waals surface area contributed by atoms with E-state index in [2.05, 4.69) is 28.2 Å². The van der Waals surface area contributed by atoms with Gasteiger partial charge in [-0.25, -0.2) is 0 Å². The van der Waals surface area contributed by atoms with Gasteiger partial charge in [-0.1, -0.05) is 0 Å². The minimum Gasteiger partial charge on any atom is -0.378 e. The number of ether oxygens (including phenoxy) is 4. The first kappa shape index (κ1) is 19.1. The molecule has 2 aliphatic heterocycles. The lowest BCUT2D eigenvalue weighted by molar-refractivity contribution is -1.32. The van der Waals surface area contributed by atoms with Crippen LogP contribution >= 0.6 is 0 Å². The van der Waals surface area contributed by atoms with Gasteiger partial charge in [-0.3, -0.25) is 0 Å². The van der Waals surface area contributed by atoms with Gasteiger partial charge in [0.2, 0.25) is 0 Å². The minimum absolute atomic E-state index is 0.345. The molecule has 0 aromatic rings. The summed E-state index contributed by atoms with van der Waals surface area (Å²) in [6, 6.07) is 0. The summed E-state index contributed by atoms with van der Waals surface area (Å²) in [7, 11) is 8.35. The van der Waals surface area contributed by atoms with Crippen molar-refractivity contribution in [1.82, 2.24) is 0 Å². The zero-order valence-corrected chi connectivity index (χ0v) is 15.2. The van der Waals surface area contributed by atoms with Crippen LogP contribution in [0.1, 0.15) is 12.8 Å². The van der Waals surface area contributed by atoms with Crippen molar-refractivity contribution in [3.63, 3.8) is 0 Å². The molecule has 7 heteroatoms. The SMILES string of the molecule is C[N+](C)(CCCOCC1CO1)O[N+](C)(C)CCCOCC1CO1. The molecule has 2 rings (SSSR count). The van der Waals surface area contributed by atoms with Gasteiger partial charge in [0, 0.05) is 12.8 Å². The van der Waals surface area contributed by atoms with Crippen molar-refractivity contribution in [2.75, 3.05) is 80.9 Å². The molecule has 2 heterocycles. The minimum atomic E-state index is 0.345. The highest BCUT2D eigenvalue weighted by Gasteiger charge is 2.30. The van der Waals surface area contributed by atoms with E-state index < -0.39 is 0 Å². The molecule has 0 radical (unpaired) electrons. The number of rotatable bonds is 14. The molecule has 0 saturated carbocycles. The predicted molar refractivity (Wildman–Crippen MR) is 85.4 cm³/mol. The second-order valence-electron chi connectivity index (χ2n) is 7.44. The molecule has 2 saturated heterocycles. The summed E-state index contributed by atoms with van der Waals surface area (Å²) >= 11 is 0. The lowest BCUT2D eigenvalue weighted by Crippen LogP contribution is -2.54. The third-order valence-corrected chi connectivity index (χ3v) is 3.82. The Balaban J connectivity index is 1.50. The average molecular weight is 334 g/mol. The second kappa shape index (κ2) is 8.71. The van der Waals surface area contributed by atoms with Crippen molar-refractivity contribution < 1.29 is 33.2 Å². The van der Waals surface area contributed by atoms with Crippen LogP contribution in [0.5, 0.6) is 0 Å². The molecule has 7 nitrogen and oxygen atoms in total. The van der Waals surface area contributed by atoms with Gasteiger partial charge in [-0.2, -0.15) is 0 Å². The maximum atomic E-state index is 6.22. The van der Waals surface area contributed by atoms with Gasteiger partial charge in [-0.15, -0.1) is 9.29 Å². The Kier molecular flexibility index (Phi) is 7.21. The summed E-state index contributed by atoms with van der Waals surface area (Å²) in [4.78, 5) is 6.22. The van der Waals surface area contributed by atoms with Crippen LogP contribution in [-0.4, -0.2) is 102 Å². The Hall–Kier alpha value is -0.280. The Morgan fingerprint density at radius 2 is 1.17 bits per heavy atom. The van der Waals surface area contributed by atoms with Crippen LogP contribution in [0.2, 0.25) is 0 Å². The van der Waals surface area contributed by atoms with E-state index in [-0.39, 0.29) is 0 Å². The lowest BCUT2D eigenvalue weighted by atomic mass is 10.4. The zero-order chi connectivity index (χ0) is 16.8. The number of hydroxylamine groups is 6. The van der Waals surface area contributed by atoms with Crippen LogP contribution in [-0.2, 0) is 23.9 Å². The normalized spacial score (nSPS) is 24.0. The first-order valence-corrected chi connectivity index (χ1v) is 8.62. The summed E-state index contributed by atoms with van der Waals surface area (Å²) in [5.74, 6) is 0. The van der Waals surface area contributed by atoms with Gasteiger partial charge in [-0.05, 0) is 4.94 Å². The third kappa shape index (κ3) is 9.56. The molecule has 2 fully saturated rings. The second-order valence-corrected chi connectivity index (χ2v) is 7.44.